The van der Waals surface area contributed by atoms with Gasteiger partial charge in [0.05, 0.1) is 27.4 Å². The highest BCUT2D eigenvalue weighted by Gasteiger charge is 2.48. The summed E-state index contributed by atoms with van der Waals surface area (Å²) >= 11 is 0. The van der Waals surface area contributed by atoms with Gasteiger partial charge >= 0.3 is 11.7 Å². The van der Waals surface area contributed by atoms with E-state index in [1.165, 1.54) is 12.3 Å². The number of carbonyl (C=O) groups excluding carboxylic acids is 2. The number of hydrogen-bond acceptors (Lipinski definition) is 11. The highest BCUT2D eigenvalue weighted by molar-refractivity contribution is 6.03. The maximum absolute atomic E-state index is 13.5. The number of nitrogens with one attached hydrogen (secondary N) is 1. The monoisotopic (exact) mass is 735 g/mol. The van der Waals surface area contributed by atoms with Crippen LogP contribution in [0, 0.1) is 0 Å². The van der Waals surface area contributed by atoms with Gasteiger partial charge in [-0.2, -0.15) is 4.98 Å². The molecular formula is C41H41N3O10. The Kier molecular flexibility index (Phi) is 12.1. The number of aromatic nitrogens is 2. The fraction of sp³-hybridized carbons (Fsp3) is 0.268. The molecule has 0 bridgehead atoms. The molecule has 5 aromatic rings. The number of hydrogen-bond donors (Lipinski definition) is 2. The first-order valence-electron chi connectivity index (χ1n) is 17.3. The Morgan fingerprint density at radius 3 is 1.96 bits per heavy atom. The molecule has 4 aromatic carbocycles. The standard InChI is InChI=1S/C41H41N3O10/c1-4-51-35(45)26-52-37-36(46)33(54-39(37)44-24-23-34(43-40(44)48)42-38(47)27-11-7-5-8-12-27)25-53-41(28-13-9-6-10-14-28,29-15-19-31(49-2)20-16-29)30-17-21-32(50-3)22-18-30/h5-24,33,36-37,39,46H,4,25-26H2,1-3H3,(H,42,43,47,48)/t33-,36-,37-,39-/m1/s1. The van der Waals surface area contributed by atoms with Crippen LogP contribution in [0.3, 0.4) is 0 Å². The Morgan fingerprint density at radius 1 is 0.833 bits per heavy atom. The second kappa shape index (κ2) is 17.3. The van der Waals surface area contributed by atoms with Crippen LogP contribution in [0.1, 0.15) is 40.2 Å². The number of methoxy groups -OCH3 is 2. The molecule has 0 unspecified atom stereocenters. The predicted octanol–water partition coefficient (Wildman–Crippen LogP) is 4.73. The lowest BCUT2D eigenvalue weighted by atomic mass is 9.80. The molecule has 6 rings (SSSR count). The van der Waals surface area contributed by atoms with Gasteiger partial charge in [-0.05, 0) is 66.1 Å². The van der Waals surface area contributed by atoms with E-state index in [-0.39, 0.29) is 19.0 Å². The van der Waals surface area contributed by atoms with Gasteiger partial charge in [0.25, 0.3) is 5.91 Å². The van der Waals surface area contributed by atoms with E-state index in [1.54, 1.807) is 51.5 Å². The Morgan fingerprint density at radius 2 is 1.41 bits per heavy atom. The fourth-order valence-electron chi connectivity index (χ4n) is 6.36. The second-order valence-electron chi connectivity index (χ2n) is 12.3. The number of aliphatic hydroxyl groups excluding tert-OH is 1. The molecule has 4 atom stereocenters. The zero-order valence-electron chi connectivity index (χ0n) is 30.0. The molecule has 13 heteroatoms. The minimum absolute atomic E-state index is 0.0131. The molecule has 0 radical (unpaired) electrons. The first-order valence-corrected chi connectivity index (χ1v) is 17.3. The number of carbonyl (C=O) groups is 2. The van der Waals surface area contributed by atoms with Gasteiger partial charge in [0.15, 0.2) is 6.23 Å². The lowest BCUT2D eigenvalue weighted by Gasteiger charge is -2.37. The topological polar surface area (TPSA) is 157 Å². The Bertz CT molecular complexity index is 2010. The minimum Gasteiger partial charge on any atom is -0.497 e. The molecule has 2 N–H and O–H groups in total. The van der Waals surface area contributed by atoms with Gasteiger partial charge in [0.1, 0.15) is 47.8 Å². The number of nitrogens with zero attached hydrogens (tertiary/aromatic N) is 2. The summed E-state index contributed by atoms with van der Waals surface area (Å²) in [7, 11) is 3.18. The maximum atomic E-state index is 13.5. The molecule has 1 fully saturated rings. The largest absolute Gasteiger partial charge is 0.497 e. The van der Waals surface area contributed by atoms with Crippen molar-refractivity contribution in [2.24, 2.45) is 0 Å². The van der Waals surface area contributed by atoms with Crippen molar-refractivity contribution in [2.45, 2.75) is 37.1 Å². The number of amides is 1. The summed E-state index contributed by atoms with van der Waals surface area (Å²) in [4.78, 5) is 42.6. The van der Waals surface area contributed by atoms with Gasteiger partial charge in [0.2, 0.25) is 0 Å². The maximum Gasteiger partial charge on any atom is 0.351 e. The normalized spacial score (nSPS) is 18.1. The van der Waals surface area contributed by atoms with Crippen molar-refractivity contribution in [3.05, 3.63) is 154 Å². The van der Waals surface area contributed by atoms with Gasteiger partial charge in [-0.25, -0.2) is 9.59 Å². The van der Waals surface area contributed by atoms with Crippen LogP contribution >= 0.6 is 0 Å². The van der Waals surface area contributed by atoms with E-state index in [4.69, 9.17) is 28.4 Å². The highest BCUT2D eigenvalue weighted by atomic mass is 16.6. The molecule has 1 aromatic heterocycles. The van der Waals surface area contributed by atoms with Crippen LogP contribution in [-0.4, -0.2) is 78.9 Å². The first-order chi connectivity index (χ1) is 26.3. The average Bonchev–Trinajstić information content (AvgIpc) is 3.52. The highest BCUT2D eigenvalue weighted by Crippen LogP contribution is 2.43. The second-order valence-corrected chi connectivity index (χ2v) is 12.3. The van der Waals surface area contributed by atoms with E-state index in [9.17, 15) is 19.5 Å². The van der Waals surface area contributed by atoms with E-state index < -0.39 is 54.3 Å². The molecule has 0 aliphatic carbocycles. The van der Waals surface area contributed by atoms with Gasteiger partial charge < -0.3 is 38.8 Å². The fourth-order valence-corrected chi connectivity index (χ4v) is 6.36. The lowest BCUT2D eigenvalue weighted by molar-refractivity contribution is -0.155. The quantitative estimate of drug-likeness (QED) is 0.113. The number of benzene rings is 4. The van der Waals surface area contributed by atoms with Crippen molar-refractivity contribution in [3.63, 3.8) is 0 Å². The number of aliphatic hydroxyl groups is 1. The van der Waals surface area contributed by atoms with Crippen molar-refractivity contribution in [2.75, 3.05) is 39.4 Å². The van der Waals surface area contributed by atoms with Gasteiger partial charge in [0, 0.05) is 11.8 Å². The van der Waals surface area contributed by atoms with Crippen LogP contribution in [0.2, 0.25) is 0 Å². The van der Waals surface area contributed by atoms with Gasteiger partial charge in [-0.1, -0.05) is 72.8 Å². The molecular weight excluding hydrogens is 694 g/mol. The zero-order chi connectivity index (χ0) is 38.1. The minimum atomic E-state index is -1.38. The van der Waals surface area contributed by atoms with Crippen LogP contribution in [0.25, 0.3) is 0 Å². The molecule has 13 nitrogen and oxygen atoms in total. The molecule has 1 aliphatic heterocycles. The van der Waals surface area contributed by atoms with Crippen LogP contribution < -0.4 is 20.5 Å². The number of anilines is 1. The molecule has 2 heterocycles. The molecule has 1 aliphatic rings. The molecule has 1 saturated heterocycles. The number of ether oxygens (including phenoxy) is 6. The van der Waals surface area contributed by atoms with Gasteiger partial charge in [-0.3, -0.25) is 9.36 Å². The summed E-state index contributed by atoms with van der Waals surface area (Å²) in [5, 5.41) is 14.4. The van der Waals surface area contributed by atoms with E-state index in [2.05, 4.69) is 10.3 Å². The summed E-state index contributed by atoms with van der Waals surface area (Å²) in [6.07, 6.45) is -3.53. The summed E-state index contributed by atoms with van der Waals surface area (Å²) in [6, 6.07) is 34.5. The van der Waals surface area contributed by atoms with Crippen LogP contribution in [0.15, 0.2) is 126 Å². The summed E-state index contributed by atoms with van der Waals surface area (Å²) in [6.45, 7) is 1.08. The Hall–Kier alpha value is -5.86. The zero-order valence-corrected chi connectivity index (χ0v) is 30.0. The molecule has 0 spiro atoms. The number of rotatable bonds is 15. The van der Waals surface area contributed by atoms with Crippen molar-refractivity contribution in [1.29, 1.82) is 0 Å². The van der Waals surface area contributed by atoms with Crippen molar-refractivity contribution in [3.8, 4) is 11.5 Å². The van der Waals surface area contributed by atoms with E-state index >= 15 is 0 Å². The van der Waals surface area contributed by atoms with Crippen molar-refractivity contribution in [1.82, 2.24) is 9.55 Å². The third kappa shape index (κ3) is 8.19. The molecule has 280 valence electrons. The van der Waals surface area contributed by atoms with Crippen LogP contribution in [0.4, 0.5) is 5.82 Å². The Balaban J connectivity index is 1.34. The first kappa shape index (κ1) is 37.9. The molecule has 54 heavy (non-hydrogen) atoms. The van der Waals surface area contributed by atoms with Gasteiger partial charge in [-0.15, -0.1) is 0 Å². The van der Waals surface area contributed by atoms with E-state index in [0.717, 1.165) is 21.3 Å². The number of esters is 1. The molecule has 0 saturated carbocycles. The van der Waals surface area contributed by atoms with Crippen molar-refractivity contribution >= 4 is 17.7 Å². The summed E-state index contributed by atoms with van der Waals surface area (Å²) in [5.74, 6) is 0.211. The van der Waals surface area contributed by atoms with Crippen LogP contribution in [-0.2, 0) is 29.3 Å². The van der Waals surface area contributed by atoms with E-state index in [0.29, 0.717) is 17.1 Å². The summed E-state index contributed by atoms with van der Waals surface area (Å²) in [5.41, 5.74) is 0.656. The van der Waals surface area contributed by atoms with E-state index in [1.807, 2.05) is 78.9 Å². The Labute approximate surface area is 312 Å². The lowest BCUT2D eigenvalue weighted by Crippen LogP contribution is -2.41. The SMILES string of the molecule is CCOC(=O)CO[C@@H]1[C@H](O)[C@@H](COC(c2ccccc2)(c2ccc(OC)cc2)c2ccc(OC)cc2)O[C@H]1n1ccc(NC(=O)c2ccccc2)nc1=O. The van der Waals surface area contributed by atoms with Crippen LogP contribution in [0.5, 0.6) is 11.5 Å². The molecule has 1 amide bonds. The smallest absolute Gasteiger partial charge is 0.351 e. The predicted molar refractivity (Wildman–Crippen MR) is 197 cm³/mol. The third-order valence-electron chi connectivity index (χ3n) is 9.03. The summed E-state index contributed by atoms with van der Waals surface area (Å²) < 4.78 is 36.3. The average molecular weight is 736 g/mol. The van der Waals surface area contributed by atoms with Crippen molar-refractivity contribution < 1.29 is 43.1 Å². The third-order valence-corrected chi connectivity index (χ3v) is 9.03.